The van der Waals surface area contributed by atoms with E-state index in [0.717, 1.165) is 0 Å². The van der Waals surface area contributed by atoms with Crippen LogP contribution in [0.2, 0.25) is 0 Å². The third kappa shape index (κ3) is 3.30. The van der Waals surface area contributed by atoms with E-state index in [1.807, 2.05) is 13.8 Å². The fraction of sp³-hybridized carbons (Fsp3) is 0.636. The van der Waals surface area contributed by atoms with Gasteiger partial charge in [-0.3, -0.25) is 0 Å². The monoisotopic (exact) mass is 293 g/mol. The van der Waals surface area contributed by atoms with Crippen LogP contribution in [0.5, 0.6) is 0 Å². The van der Waals surface area contributed by atoms with Gasteiger partial charge in [-0.1, -0.05) is 0 Å². The molecule has 7 heteroatoms. The zero-order valence-corrected chi connectivity index (χ0v) is 12.4. The van der Waals surface area contributed by atoms with Crippen molar-refractivity contribution in [3.63, 3.8) is 0 Å². The van der Waals surface area contributed by atoms with Gasteiger partial charge >= 0.3 is 0 Å². The average molecular weight is 293 g/mol. The molecule has 1 rings (SSSR count). The largest absolute Gasteiger partial charge is 0.391 e. The highest BCUT2D eigenvalue weighted by atomic mass is 32.2. The molecular formula is C11H19NO4S2. The number of sulfonamides is 1. The Balaban J connectivity index is 3.09. The van der Waals surface area contributed by atoms with Crippen molar-refractivity contribution >= 4 is 21.4 Å². The van der Waals surface area contributed by atoms with Crippen molar-refractivity contribution in [3.05, 3.63) is 16.3 Å². The van der Waals surface area contributed by atoms with E-state index in [-0.39, 0.29) is 17.5 Å². The van der Waals surface area contributed by atoms with Crippen molar-refractivity contribution in [2.45, 2.75) is 31.4 Å². The summed E-state index contributed by atoms with van der Waals surface area (Å²) < 4.78 is 31.3. The number of nitrogens with zero attached hydrogens (tertiary/aromatic N) is 1. The van der Waals surface area contributed by atoms with Gasteiger partial charge in [-0.05, 0) is 25.3 Å². The minimum absolute atomic E-state index is 0.156. The quantitative estimate of drug-likeness (QED) is 0.822. The predicted octanol–water partition coefficient (Wildman–Crippen LogP) is 1.29. The second kappa shape index (κ2) is 6.63. The lowest BCUT2D eigenvalue weighted by molar-refractivity contribution is 0.170. The van der Waals surface area contributed by atoms with Crippen LogP contribution in [0.25, 0.3) is 0 Å². The molecule has 0 aliphatic rings. The van der Waals surface area contributed by atoms with Crippen molar-refractivity contribution in [2.24, 2.45) is 0 Å². The average Bonchev–Trinajstić information content (AvgIpc) is 2.77. The summed E-state index contributed by atoms with van der Waals surface area (Å²) in [5.74, 6) is 0. The molecule has 0 aliphatic heterocycles. The number of aliphatic hydroxyl groups is 1. The third-order valence-corrected chi connectivity index (χ3v) is 5.72. The summed E-state index contributed by atoms with van der Waals surface area (Å²) in [6.07, 6.45) is 0. The van der Waals surface area contributed by atoms with Gasteiger partial charge in [0.1, 0.15) is 0 Å². The molecule has 1 N–H and O–H groups in total. The molecule has 0 atom stereocenters. The van der Waals surface area contributed by atoms with Gasteiger partial charge in [0.25, 0.3) is 0 Å². The topological polar surface area (TPSA) is 66.8 Å². The molecule has 0 fully saturated rings. The molecule has 0 bridgehead atoms. The molecule has 5 nitrogen and oxygen atoms in total. The van der Waals surface area contributed by atoms with Crippen molar-refractivity contribution in [3.8, 4) is 0 Å². The Morgan fingerprint density at radius 3 is 2.67 bits per heavy atom. The van der Waals surface area contributed by atoms with Crippen LogP contribution in [0.15, 0.2) is 16.3 Å². The molecule has 0 spiro atoms. The molecule has 1 aromatic rings. The van der Waals surface area contributed by atoms with E-state index in [4.69, 9.17) is 9.84 Å². The first-order valence-corrected chi connectivity index (χ1v) is 7.95. The zero-order valence-electron chi connectivity index (χ0n) is 10.8. The van der Waals surface area contributed by atoms with Crippen LogP contribution in [0.1, 0.15) is 18.7 Å². The fourth-order valence-electron chi connectivity index (χ4n) is 1.64. The first-order chi connectivity index (χ1) is 8.45. The number of thiophene rings is 1. The van der Waals surface area contributed by atoms with Gasteiger partial charge in [-0.2, -0.15) is 4.31 Å². The normalized spacial score (nSPS) is 12.6. The van der Waals surface area contributed by atoms with Crippen LogP contribution in [0.3, 0.4) is 0 Å². The first kappa shape index (κ1) is 15.6. The van der Waals surface area contributed by atoms with E-state index in [0.29, 0.717) is 18.0 Å². The summed E-state index contributed by atoms with van der Waals surface area (Å²) >= 11 is 1.24. The van der Waals surface area contributed by atoms with Crippen molar-refractivity contribution in [2.75, 3.05) is 20.3 Å². The molecule has 0 aromatic carbocycles. The van der Waals surface area contributed by atoms with E-state index in [1.165, 1.54) is 28.8 Å². The SMILES string of the molecule is COCCN(C(C)C)S(=O)(=O)c1ccsc1CO. The number of hydrogen-bond donors (Lipinski definition) is 1. The summed E-state index contributed by atoms with van der Waals surface area (Å²) in [4.78, 5) is 0.665. The van der Waals surface area contributed by atoms with Crippen LogP contribution in [0.4, 0.5) is 0 Å². The Kier molecular flexibility index (Phi) is 5.74. The highest BCUT2D eigenvalue weighted by molar-refractivity contribution is 7.89. The van der Waals surface area contributed by atoms with E-state index in [1.54, 1.807) is 5.38 Å². The Bertz CT molecular complexity index is 467. The second-order valence-corrected chi connectivity index (χ2v) is 6.93. The summed E-state index contributed by atoms with van der Waals surface area (Å²) in [6.45, 7) is 4.02. The Hall–Kier alpha value is -0.470. The molecule has 0 saturated carbocycles. The molecule has 0 amide bonds. The number of aliphatic hydroxyl groups excluding tert-OH is 1. The number of ether oxygens (including phenoxy) is 1. The maximum absolute atomic E-state index is 12.5. The van der Waals surface area contributed by atoms with E-state index in [2.05, 4.69) is 0 Å². The molecule has 1 heterocycles. The highest BCUT2D eigenvalue weighted by Gasteiger charge is 2.29. The van der Waals surface area contributed by atoms with Crippen LogP contribution >= 0.6 is 11.3 Å². The molecule has 0 radical (unpaired) electrons. The maximum atomic E-state index is 12.5. The molecule has 0 saturated heterocycles. The summed E-state index contributed by atoms with van der Waals surface area (Å²) in [7, 11) is -2.03. The molecule has 104 valence electrons. The van der Waals surface area contributed by atoms with Gasteiger partial charge in [-0.25, -0.2) is 8.42 Å². The first-order valence-electron chi connectivity index (χ1n) is 5.63. The van der Waals surface area contributed by atoms with E-state index >= 15 is 0 Å². The van der Waals surface area contributed by atoms with Gasteiger partial charge in [0.05, 0.1) is 18.1 Å². The number of rotatable bonds is 7. The smallest absolute Gasteiger partial charge is 0.244 e. The lowest BCUT2D eigenvalue weighted by Gasteiger charge is -2.25. The lowest BCUT2D eigenvalue weighted by Crippen LogP contribution is -2.39. The van der Waals surface area contributed by atoms with Gasteiger partial charge in [0, 0.05) is 24.6 Å². The number of methoxy groups -OCH3 is 1. The van der Waals surface area contributed by atoms with Gasteiger partial charge < -0.3 is 9.84 Å². The Labute approximate surface area is 112 Å². The van der Waals surface area contributed by atoms with Crippen LogP contribution < -0.4 is 0 Å². The van der Waals surface area contributed by atoms with Crippen molar-refractivity contribution < 1.29 is 18.3 Å². The molecular weight excluding hydrogens is 274 g/mol. The van der Waals surface area contributed by atoms with E-state index < -0.39 is 10.0 Å². The van der Waals surface area contributed by atoms with Crippen molar-refractivity contribution in [1.82, 2.24) is 4.31 Å². The molecule has 0 unspecified atom stereocenters. The molecule has 1 aromatic heterocycles. The summed E-state index contributed by atoms with van der Waals surface area (Å²) in [5.41, 5.74) is 0. The fourth-order valence-corrected chi connectivity index (χ4v) is 4.53. The Morgan fingerprint density at radius 1 is 1.50 bits per heavy atom. The molecule has 0 aliphatic carbocycles. The summed E-state index contributed by atoms with van der Waals surface area (Å²) in [5, 5.41) is 10.8. The van der Waals surface area contributed by atoms with E-state index in [9.17, 15) is 8.42 Å². The maximum Gasteiger partial charge on any atom is 0.244 e. The third-order valence-electron chi connectivity index (χ3n) is 2.53. The van der Waals surface area contributed by atoms with Gasteiger partial charge in [-0.15, -0.1) is 11.3 Å². The van der Waals surface area contributed by atoms with Crippen molar-refractivity contribution in [1.29, 1.82) is 0 Å². The van der Waals surface area contributed by atoms with Gasteiger partial charge in [0.15, 0.2) is 0 Å². The second-order valence-electron chi connectivity index (χ2n) is 4.07. The zero-order chi connectivity index (χ0) is 13.8. The van der Waals surface area contributed by atoms with Gasteiger partial charge in [0.2, 0.25) is 10.0 Å². The standard InChI is InChI=1S/C11H19NO4S2/c1-9(2)12(5-6-16-3)18(14,15)11-4-7-17-10(11)8-13/h4,7,9,13H,5-6,8H2,1-3H3. The summed E-state index contributed by atoms with van der Waals surface area (Å²) in [6, 6.07) is 1.38. The Morgan fingerprint density at radius 2 is 2.17 bits per heavy atom. The minimum atomic E-state index is -3.57. The van der Waals surface area contributed by atoms with Crippen LogP contribution in [0, 0.1) is 0 Å². The van der Waals surface area contributed by atoms with Crippen LogP contribution in [-0.4, -0.2) is 44.1 Å². The lowest BCUT2D eigenvalue weighted by atomic mass is 10.4. The predicted molar refractivity (Wildman–Crippen MR) is 71.1 cm³/mol. The van der Waals surface area contributed by atoms with Crippen LogP contribution in [-0.2, 0) is 21.4 Å². The minimum Gasteiger partial charge on any atom is -0.391 e. The highest BCUT2D eigenvalue weighted by Crippen LogP contribution is 2.26. The molecule has 18 heavy (non-hydrogen) atoms. The number of hydrogen-bond acceptors (Lipinski definition) is 5.